The number of anilines is 1. The van der Waals surface area contributed by atoms with Crippen molar-refractivity contribution in [3.63, 3.8) is 0 Å². The number of aromatic nitrogens is 1. The van der Waals surface area contributed by atoms with E-state index in [-0.39, 0.29) is 17.7 Å². The van der Waals surface area contributed by atoms with Gasteiger partial charge in [0.05, 0.1) is 11.4 Å². The summed E-state index contributed by atoms with van der Waals surface area (Å²) in [6.45, 7) is 0. The molecule has 0 aliphatic heterocycles. The zero-order valence-electron chi connectivity index (χ0n) is 11.5. The number of aliphatic carboxylic acids is 1. The first-order valence-corrected chi connectivity index (χ1v) is 7.02. The molecule has 1 fully saturated rings. The molecule has 2 aromatic rings. The lowest BCUT2D eigenvalue weighted by atomic mass is 10.0. The number of carbonyl (C=O) groups excluding carboxylic acids is 1. The van der Waals surface area contributed by atoms with Crippen LogP contribution in [0.5, 0.6) is 0 Å². The molecule has 21 heavy (non-hydrogen) atoms. The van der Waals surface area contributed by atoms with Crippen LogP contribution in [-0.4, -0.2) is 22.0 Å². The second kappa shape index (κ2) is 5.52. The van der Waals surface area contributed by atoms with Crippen molar-refractivity contribution in [3.05, 3.63) is 36.5 Å². The van der Waals surface area contributed by atoms with Gasteiger partial charge in [-0.05, 0) is 43.5 Å². The number of benzene rings is 1. The molecule has 2 N–H and O–H groups in total. The van der Waals surface area contributed by atoms with Gasteiger partial charge in [0.15, 0.2) is 0 Å². The van der Waals surface area contributed by atoms with E-state index in [4.69, 9.17) is 5.11 Å². The van der Waals surface area contributed by atoms with E-state index < -0.39 is 5.97 Å². The third kappa shape index (κ3) is 2.86. The normalized spacial score (nSPS) is 21.3. The van der Waals surface area contributed by atoms with Crippen molar-refractivity contribution in [2.75, 3.05) is 5.32 Å². The summed E-state index contributed by atoms with van der Waals surface area (Å²) in [6.07, 6.45) is 3.37. The molecule has 1 heterocycles. The first-order chi connectivity index (χ1) is 10.1. The van der Waals surface area contributed by atoms with Gasteiger partial charge in [-0.15, -0.1) is 0 Å². The predicted molar refractivity (Wildman–Crippen MR) is 78.8 cm³/mol. The molecule has 0 saturated heterocycles. The third-order valence-corrected chi connectivity index (χ3v) is 4.02. The van der Waals surface area contributed by atoms with Gasteiger partial charge >= 0.3 is 5.97 Å². The number of hydrogen-bond donors (Lipinski definition) is 2. The number of nitrogens with one attached hydrogen (secondary N) is 1. The summed E-state index contributed by atoms with van der Waals surface area (Å²) in [6, 6.07) is 9.34. The van der Waals surface area contributed by atoms with Crippen molar-refractivity contribution in [3.8, 4) is 0 Å². The van der Waals surface area contributed by atoms with E-state index in [1.54, 1.807) is 6.20 Å². The molecule has 0 radical (unpaired) electrons. The lowest BCUT2D eigenvalue weighted by Crippen LogP contribution is -2.21. The Morgan fingerprint density at radius 3 is 2.76 bits per heavy atom. The number of carboxylic acid groups (broad SMARTS) is 1. The fourth-order valence-corrected chi connectivity index (χ4v) is 2.84. The molecule has 3 rings (SSSR count). The van der Waals surface area contributed by atoms with Crippen LogP contribution < -0.4 is 5.32 Å². The highest BCUT2D eigenvalue weighted by molar-refractivity contribution is 5.95. The summed E-state index contributed by atoms with van der Waals surface area (Å²) < 4.78 is 0. The van der Waals surface area contributed by atoms with Gasteiger partial charge in [0, 0.05) is 23.2 Å². The fourth-order valence-electron chi connectivity index (χ4n) is 2.84. The van der Waals surface area contributed by atoms with Crippen LogP contribution in [0.1, 0.15) is 19.3 Å². The van der Waals surface area contributed by atoms with E-state index in [1.165, 1.54) is 0 Å². The fraction of sp³-hybridized carbons (Fsp3) is 0.312. The van der Waals surface area contributed by atoms with Gasteiger partial charge in [-0.25, -0.2) is 0 Å². The van der Waals surface area contributed by atoms with Crippen LogP contribution in [-0.2, 0) is 9.59 Å². The van der Waals surface area contributed by atoms with Crippen molar-refractivity contribution < 1.29 is 14.7 Å². The molecular weight excluding hydrogens is 268 g/mol. The summed E-state index contributed by atoms with van der Waals surface area (Å²) in [5, 5.41) is 12.8. The van der Waals surface area contributed by atoms with Gasteiger partial charge < -0.3 is 10.4 Å². The number of nitrogens with zero attached hydrogens (tertiary/aromatic N) is 1. The predicted octanol–water partition coefficient (Wildman–Crippen LogP) is 2.67. The highest BCUT2D eigenvalue weighted by atomic mass is 16.4. The van der Waals surface area contributed by atoms with Crippen LogP contribution in [0.4, 0.5) is 5.69 Å². The Balaban J connectivity index is 1.70. The van der Waals surface area contributed by atoms with E-state index in [0.717, 1.165) is 16.6 Å². The zero-order chi connectivity index (χ0) is 14.8. The number of carbonyl (C=O) groups is 2. The van der Waals surface area contributed by atoms with Gasteiger partial charge in [0.25, 0.3) is 0 Å². The van der Waals surface area contributed by atoms with E-state index in [9.17, 15) is 9.59 Å². The van der Waals surface area contributed by atoms with Crippen molar-refractivity contribution in [2.24, 2.45) is 11.8 Å². The number of rotatable bonds is 3. The quantitative estimate of drug-likeness (QED) is 0.908. The summed E-state index contributed by atoms with van der Waals surface area (Å²) in [7, 11) is 0. The highest BCUT2D eigenvalue weighted by Crippen LogP contribution is 2.32. The van der Waals surface area contributed by atoms with Gasteiger partial charge in [-0.1, -0.05) is 6.07 Å². The number of hydrogen-bond acceptors (Lipinski definition) is 3. The highest BCUT2D eigenvalue weighted by Gasteiger charge is 2.33. The standard InChI is InChI=1S/C16H16N2O3/c19-15(11-3-4-12(8-11)16(20)21)18-13-5-6-14-10(9-13)2-1-7-17-14/h1-2,5-7,9,11-12H,3-4,8H2,(H,18,19)(H,20,21). The largest absolute Gasteiger partial charge is 0.481 e. The van der Waals surface area contributed by atoms with Crippen molar-refractivity contribution >= 4 is 28.5 Å². The van der Waals surface area contributed by atoms with Crippen LogP contribution in [0, 0.1) is 11.8 Å². The van der Waals surface area contributed by atoms with Crippen LogP contribution in [0.2, 0.25) is 0 Å². The molecule has 0 bridgehead atoms. The smallest absolute Gasteiger partial charge is 0.306 e. The van der Waals surface area contributed by atoms with Gasteiger partial charge in [-0.3, -0.25) is 14.6 Å². The van der Waals surface area contributed by atoms with Crippen LogP contribution in [0.25, 0.3) is 10.9 Å². The number of carboxylic acids is 1. The second-order valence-electron chi connectivity index (χ2n) is 5.45. The maximum absolute atomic E-state index is 12.2. The molecule has 5 nitrogen and oxygen atoms in total. The van der Waals surface area contributed by atoms with Crippen LogP contribution in [0.15, 0.2) is 36.5 Å². The minimum atomic E-state index is -0.804. The minimum absolute atomic E-state index is 0.0954. The molecule has 2 unspecified atom stereocenters. The molecule has 1 aromatic carbocycles. The second-order valence-corrected chi connectivity index (χ2v) is 5.45. The van der Waals surface area contributed by atoms with Crippen LogP contribution in [0.3, 0.4) is 0 Å². The molecule has 1 aliphatic carbocycles. The Labute approximate surface area is 122 Å². The molecule has 1 saturated carbocycles. The first-order valence-electron chi connectivity index (χ1n) is 7.02. The number of fused-ring (bicyclic) bond motifs is 1. The summed E-state index contributed by atoms with van der Waals surface area (Å²) >= 11 is 0. The average Bonchev–Trinajstić information content (AvgIpc) is 2.97. The third-order valence-electron chi connectivity index (χ3n) is 4.02. The lowest BCUT2D eigenvalue weighted by molar-refractivity contribution is -0.141. The average molecular weight is 284 g/mol. The van der Waals surface area contributed by atoms with Crippen LogP contribution >= 0.6 is 0 Å². The van der Waals surface area contributed by atoms with Crippen molar-refractivity contribution in [1.29, 1.82) is 0 Å². The van der Waals surface area contributed by atoms with E-state index in [2.05, 4.69) is 10.3 Å². The Bertz CT molecular complexity index is 699. The number of amides is 1. The SMILES string of the molecule is O=C(O)C1CCC(C(=O)Nc2ccc3ncccc3c2)C1. The summed E-state index contributed by atoms with van der Waals surface area (Å²) in [4.78, 5) is 27.4. The molecule has 1 aromatic heterocycles. The molecule has 1 aliphatic rings. The molecule has 5 heteroatoms. The van der Waals surface area contributed by atoms with E-state index in [1.807, 2.05) is 30.3 Å². The molecule has 108 valence electrons. The van der Waals surface area contributed by atoms with Gasteiger partial charge in [-0.2, -0.15) is 0 Å². The molecular formula is C16H16N2O3. The van der Waals surface area contributed by atoms with Crippen molar-refractivity contribution in [1.82, 2.24) is 4.98 Å². The Kier molecular flexibility index (Phi) is 3.56. The topological polar surface area (TPSA) is 79.3 Å². The zero-order valence-corrected chi connectivity index (χ0v) is 11.5. The Morgan fingerprint density at radius 1 is 1.19 bits per heavy atom. The van der Waals surface area contributed by atoms with E-state index >= 15 is 0 Å². The first kappa shape index (κ1) is 13.5. The Hall–Kier alpha value is -2.43. The molecule has 0 spiro atoms. The molecule has 1 amide bonds. The monoisotopic (exact) mass is 284 g/mol. The Morgan fingerprint density at radius 2 is 2.00 bits per heavy atom. The summed E-state index contributed by atoms with van der Waals surface area (Å²) in [5.41, 5.74) is 1.60. The van der Waals surface area contributed by atoms with Gasteiger partial charge in [0.2, 0.25) is 5.91 Å². The van der Waals surface area contributed by atoms with E-state index in [0.29, 0.717) is 19.3 Å². The van der Waals surface area contributed by atoms with Gasteiger partial charge in [0.1, 0.15) is 0 Å². The maximum Gasteiger partial charge on any atom is 0.306 e. The maximum atomic E-state index is 12.2. The molecule has 2 atom stereocenters. The summed E-state index contributed by atoms with van der Waals surface area (Å²) in [5.74, 6) is -1.50. The number of pyridine rings is 1. The van der Waals surface area contributed by atoms with Crippen molar-refractivity contribution in [2.45, 2.75) is 19.3 Å². The lowest BCUT2D eigenvalue weighted by Gasteiger charge is -2.11. The minimum Gasteiger partial charge on any atom is -0.481 e.